The zero-order chi connectivity index (χ0) is 31.3. The summed E-state index contributed by atoms with van der Waals surface area (Å²) in [4.78, 5) is 42.2. The third-order valence-corrected chi connectivity index (χ3v) is 8.46. The molecule has 2 amide bonds. The van der Waals surface area contributed by atoms with Gasteiger partial charge >= 0.3 is 5.97 Å². The monoisotopic (exact) mass is 616 g/mol. The molecule has 2 aliphatic heterocycles. The van der Waals surface area contributed by atoms with Crippen LogP contribution in [0.1, 0.15) is 63.2 Å². The molecule has 0 bridgehead atoms. The fourth-order valence-corrected chi connectivity index (χ4v) is 5.97. The zero-order valence-corrected chi connectivity index (χ0v) is 25.9. The van der Waals surface area contributed by atoms with Crippen molar-refractivity contribution in [3.05, 3.63) is 52.5 Å². The zero-order valence-electron chi connectivity index (χ0n) is 25.2. The van der Waals surface area contributed by atoms with Crippen LogP contribution in [-0.2, 0) is 19.1 Å². The number of carboxylic acid groups (broad SMARTS) is 1. The van der Waals surface area contributed by atoms with E-state index < -0.39 is 23.6 Å². The first-order chi connectivity index (χ1) is 20.5. The van der Waals surface area contributed by atoms with E-state index in [0.717, 1.165) is 0 Å². The Kier molecular flexibility index (Phi) is 10.6. The lowest BCUT2D eigenvalue weighted by Gasteiger charge is -2.34. The molecule has 2 N–H and O–H groups in total. The van der Waals surface area contributed by atoms with E-state index in [1.807, 2.05) is 19.9 Å². The maximum Gasteiger partial charge on any atom is 0.303 e. The number of likely N-dealkylation sites (tertiary alicyclic amines) is 1. The van der Waals surface area contributed by atoms with Gasteiger partial charge in [0.25, 0.3) is 5.91 Å². The Hall–Kier alpha value is -3.34. The van der Waals surface area contributed by atoms with E-state index in [9.17, 15) is 19.5 Å². The number of piperidine rings is 1. The summed E-state index contributed by atoms with van der Waals surface area (Å²) >= 11 is 6.48. The number of hydrogen-bond acceptors (Lipinski definition) is 7. The van der Waals surface area contributed by atoms with Crippen molar-refractivity contribution in [2.75, 3.05) is 45.4 Å². The predicted octanol–water partition coefficient (Wildman–Crippen LogP) is 4.69. The van der Waals surface area contributed by atoms with E-state index in [-0.39, 0.29) is 43.7 Å². The Morgan fingerprint density at radius 1 is 1.09 bits per heavy atom. The Labute approximate surface area is 257 Å². The number of anilines is 1. The van der Waals surface area contributed by atoms with E-state index in [0.29, 0.717) is 65.7 Å². The minimum atomic E-state index is -1.14. The van der Waals surface area contributed by atoms with Gasteiger partial charge in [0, 0.05) is 59.9 Å². The quantitative estimate of drug-likeness (QED) is 0.372. The molecule has 11 heteroatoms. The second-order valence-electron chi connectivity index (χ2n) is 12.0. The molecule has 43 heavy (non-hydrogen) atoms. The van der Waals surface area contributed by atoms with E-state index in [1.165, 1.54) is 14.2 Å². The molecule has 10 nitrogen and oxygen atoms in total. The van der Waals surface area contributed by atoms with Gasteiger partial charge in [-0.25, -0.2) is 0 Å². The number of halogens is 1. The summed E-state index contributed by atoms with van der Waals surface area (Å²) in [5.41, 5.74) is 1.15. The normalized spacial score (nSPS) is 19.5. The molecule has 0 spiro atoms. The number of aliphatic carboxylic acids is 1. The van der Waals surface area contributed by atoms with E-state index in [1.54, 1.807) is 40.1 Å². The van der Waals surface area contributed by atoms with Gasteiger partial charge in [-0.3, -0.25) is 14.4 Å². The Bertz CT molecular complexity index is 1320. The van der Waals surface area contributed by atoms with Gasteiger partial charge in [0.15, 0.2) is 11.5 Å². The molecule has 2 heterocycles. The van der Waals surface area contributed by atoms with Crippen LogP contribution in [0.2, 0.25) is 5.02 Å². The summed E-state index contributed by atoms with van der Waals surface area (Å²) in [5, 5.41) is 19.6. The van der Waals surface area contributed by atoms with E-state index in [4.69, 9.17) is 30.9 Å². The summed E-state index contributed by atoms with van der Waals surface area (Å²) < 4.78 is 17.9. The molecular formula is C32H41ClN2O8. The SMILES string of the molecule is COc1cccc([C@H]2O[C@H](CC(=O)N3CCC(CCC(=O)O)CC3)C(=O)N(CC(C)(C)CO)c3ccc(Cl)cc32)c1OC. The van der Waals surface area contributed by atoms with Gasteiger partial charge in [0.05, 0.1) is 20.6 Å². The Morgan fingerprint density at radius 2 is 1.81 bits per heavy atom. The van der Waals surface area contributed by atoms with Crippen LogP contribution in [0.5, 0.6) is 11.5 Å². The van der Waals surface area contributed by atoms with Gasteiger partial charge < -0.3 is 34.2 Å². The summed E-state index contributed by atoms with van der Waals surface area (Å²) in [5.74, 6) is -0.251. The van der Waals surface area contributed by atoms with Crippen LogP contribution in [0.3, 0.4) is 0 Å². The highest BCUT2D eigenvalue weighted by Gasteiger charge is 2.41. The van der Waals surface area contributed by atoms with Gasteiger partial charge in [-0.15, -0.1) is 0 Å². The van der Waals surface area contributed by atoms with Crippen molar-refractivity contribution in [2.24, 2.45) is 11.3 Å². The van der Waals surface area contributed by atoms with Crippen LogP contribution in [0.15, 0.2) is 36.4 Å². The number of amides is 2. The second-order valence-corrected chi connectivity index (χ2v) is 12.4. The molecule has 0 saturated carbocycles. The number of aliphatic hydroxyl groups excluding tert-OH is 1. The lowest BCUT2D eigenvalue weighted by Crippen LogP contribution is -2.47. The van der Waals surface area contributed by atoms with E-state index in [2.05, 4.69) is 0 Å². The number of rotatable bonds is 11. The van der Waals surface area contributed by atoms with Crippen molar-refractivity contribution in [1.29, 1.82) is 0 Å². The van der Waals surface area contributed by atoms with Crippen LogP contribution in [-0.4, -0.2) is 79.5 Å². The van der Waals surface area contributed by atoms with Gasteiger partial charge in [0.2, 0.25) is 5.91 Å². The van der Waals surface area contributed by atoms with Gasteiger partial charge in [-0.1, -0.05) is 37.6 Å². The summed E-state index contributed by atoms with van der Waals surface area (Å²) in [7, 11) is 3.06. The molecule has 0 aliphatic carbocycles. The van der Waals surface area contributed by atoms with Crippen molar-refractivity contribution in [1.82, 2.24) is 4.90 Å². The topological polar surface area (TPSA) is 126 Å². The molecule has 2 aromatic carbocycles. The molecule has 4 rings (SSSR count). The number of carbonyl (C=O) groups excluding carboxylic acids is 2. The number of para-hydroxylation sites is 1. The van der Waals surface area contributed by atoms with Crippen molar-refractivity contribution in [2.45, 2.75) is 58.2 Å². The maximum absolute atomic E-state index is 14.3. The number of hydrogen-bond donors (Lipinski definition) is 2. The average molecular weight is 617 g/mol. The maximum atomic E-state index is 14.3. The lowest BCUT2D eigenvalue weighted by molar-refractivity contribution is -0.144. The lowest BCUT2D eigenvalue weighted by atomic mass is 9.92. The number of aliphatic hydroxyl groups is 1. The number of ether oxygens (including phenoxy) is 3. The molecule has 0 aromatic heterocycles. The first kappa shape index (κ1) is 32.6. The highest BCUT2D eigenvalue weighted by Crippen LogP contribution is 2.45. The fraction of sp³-hybridized carbons (Fsp3) is 0.531. The minimum absolute atomic E-state index is 0.114. The number of carbonyl (C=O) groups is 3. The first-order valence-electron chi connectivity index (χ1n) is 14.6. The molecule has 2 aromatic rings. The number of carboxylic acids is 1. The van der Waals surface area contributed by atoms with Gasteiger partial charge in [-0.05, 0) is 49.4 Å². The first-order valence-corrected chi connectivity index (χ1v) is 14.9. The van der Waals surface area contributed by atoms with Crippen molar-refractivity contribution < 1.29 is 38.8 Å². The molecule has 1 saturated heterocycles. The largest absolute Gasteiger partial charge is 0.493 e. The van der Waals surface area contributed by atoms with Gasteiger partial charge in [-0.2, -0.15) is 0 Å². The predicted molar refractivity (Wildman–Crippen MR) is 162 cm³/mol. The number of nitrogens with zero attached hydrogens (tertiary/aromatic N) is 2. The molecule has 2 aliphatic rings. The number of benzene rings is 2. The van der Waals surface area contributed by atoms with Crippen LogP contribution in [0.25, 0.3) is 0 Å². The van der Waals surface area contributed by atoms with Crippen LogP contribution in [0, 0.1) is 11.3 Å². The highest BCUT2D eigenvalue weighted by atomic mass is 35.5. The standard InChI is InChI=1S/C32H41ClN2O8/c1-32(2,19-36)18-35-24-10-9-21(33)16-23(24)29(22-6-5-7-25(41-3)30(22)42-4)43-26(31(35)40)17-27(37)34-14-12-20(13-15-34)8-11-28(38)39/h5-7,9-10,16,20,26,29,36H,8,11-15,17-19H2,1-4H3,(H,38,39)/t26-,29-/m1/s1. The smallest absolute Gasteiger partial charge is 0.303 e. The highest BCUT2D eigenvalue weighted by molar-refractivity contribution is 6.30. The Balaban J connectivity index is 1.71. The second kappa shape index (κ2) is 14.0. The molecule has 2 atom stereocenters. The number of methoxy groups -OCH3 is 2. The molecule has 0 unspecified atom stereocenters. The average Bonchev–Trinajstić information content (AvgIpc) is 3.09. The van der Waals surface area contributed by atoms with Gasteiger partial charge in [0.1, 0.15) is 12.2 Å². The molecule has 234 valence electrons. The Morgan fingerprint density at radius 3 is 2.44 bits per heavy atom. The van der Waals surface area contributed by atoms with Crippen LogP contribution >= 0.6 is 11.6 Å². The van der Waals surface area contributed by atoms with Crippen LogP contribution in [0.4, 0.5) is 5.69 Å². The van der Waals surface area contributed by atoms with Crippen molar-refractivity contribution in [3.8, 4) is 11.5 Å². The van der Waals surface area contributed by atoms with E-state index >= 15 is 0 Å². The summed E-state index contributed by atoms with van der Waals surface area (Å²) in [6, 6.07) is 10.6. The third kappa shape index (κ3) is 7.60. The van der Waals surface area contributed by atoms with Crippen molar-refractivity contribution in [3.63, 3.8) is 0 Å². The van der Waals surface area contributed by atoms with Crippen LogP contribution < -0.4 is 14.4 Å². The summed E-state index contributed by atoms with van der Waals surface area (Å²) in [6.45, 7) is 4.73. The summed E-state index contributed by atoms with van der Waals surface area (Å²) in [6.07, 6.45) is -0.0289. The third-order valence-electron chi connectivity index (χ3n) is 8.23. The molecule has 1 fully saturated rings. The fourth-order valence-electron chi connectivity index (χ4n) is 5.79. The molecular weight excluding hydrogens is 576 g/mol. The van der Waals surface area contributed by atoms with Crippen molar-refractivity contribution >= 4 is 35.1 Å². The number of fused-ring (bicyclic) bond motifs is 1. The molecule has 0 radical (unpaired) electrons. The minimum Gasteiger partial charge on any atom is -0.493 e.